The average molecular weight is 305 g/mol. The first-order valence-corrected chi connectivity index (χ1v) is 6.96. The van der Waals surface area contributed by atoms with Crippen LogP contribution in [0.5, 0.6) is 0 Å². The van der Waals surface area contributed by atoms with E-state index in [2.05, 4.69) is 35.0 Å². The first kappa shape index (κ1) is 17.1. The summed E-state index contributed by atoms with van der Waals surface area (Å²) in [6.07, 6.45) is 0.888. The monoisotopic (exact) mass is 305 g/mol. The number of carbonyl (C=O) groups excluding carboxylic acids is 2. The van der Waals surface area contributed by atoms with Crippen LogP contribution in [0.4, 0.5) is 0 Å². The minimum atomic E-state index is -0.952. The Morgan fingerprint density at radius 3 is 2.43 bits per heavy atom. The van der Waals surface area contributed by atoms with Gasteiger partial charge < -0.3 is 5.32 Å². The molecule has 0 spiro atoms. The van der Waals surface area contributed by atoms with Gasteiger partial charge in [0.1, 0.15) is 5.54 Å². The van der Waals surface area contributed by atoms with E-state index in [1.807, 2.05) is 31.2 Å². The van der Waals surface area contributed by atoms with Gasteiger partial charge in [-0.1, -0.05) is 31.2 Å². The Hall–Kier alpha value is -1.92. The molecule has 0 aliphatic rings. The molecule has 1 rings (SSSR count). The SMILES string of the molecule is C=N/C(=C\S)c1ccc([C@](CC)(NC)C(=O)NC=O)cc1. The number of benzene rings is 1. The molecule has 0 bridgehead atoms. The highest BCUT2D eigenvalue weighted by Crippen LogP contribution is 2.27. The number of likely N-dealkylation sites (N-methyl/N-ethyl adjacent to an activating group) is 1. The number of nitrogens with one attached hydrogen (secondary N) is 2. The standard InChI is InChI=1S/C15H19N3O2S/c1-4-15(17-3,14(20)18-10-19)12-7-5-11(6-8-12)13(9-21)16-2/h5-10,17,21H,2,4H2,1,3H3,(H,18,19,20)/b13-9-/t15-/m0/s1. The van der Waals surface area contributed by atoms with Crippen LogP contribution in [0.2, 0.25) is 0 Å². The van der Waals surface area contributed by atoms with Crippen LogP contribution in [0.15, 0.2) is 34.7 Å². The lowest BCUT2D eigenvalue weighted by Crippen LogP contribution is -2.52. The summed E-state index contributed by atoms with van der Waals surface area (Å²) in [6, 6.07) is 7.31. The second-order valence-electron chi connectivity index (χ2n) is 4.35. The molecule has 0 radical (unpaired) electrons. The van der Waals surface area contributed by atoms with Gasteiger partial charge >= 0.3 is 0 Å². The van der Waals surface area contributed by atoms with Gasteiger partial charge in [0.25, 0.3) is 5.91 Å². The van der Waals surface area contributed by atoms with Crippen LogP contribution >= 0.6 is 12.6 Å². The molecule has 0 aliphatic heterocycles. The van der Waals surface area contributed by atoms with E-state index in [9.17, 15) is 9.59 Å². The number of rotatable bonds is 7. The van der Waals surface area contributed by atoms with Crippen molar-refractivity contribution in [1.82, 2.24) is 10.6 Å². The molecule has 0 saturated heterocycles. The smallest absolute Gasteiger partial charge is 0.251 e. The molecule has 1 atom stereocenters. The van der Waals surface area contributed by atoms with E-state index in [1.54, 1.807) is 12.5 Å². The predicted molar refractivity (Wildman–Crippen MR) is 88.2 cm³/mol. The molecule has 0 aromatic heterocycles. The molecule has 21 heavy (non-hydrogen) atoms. The first-order chi connectivity index (χ1) is 10.1. The molecule has 1 aromatic rings. The third-order valence-corrected chi connectivity index (χ3v) is 3.75. The molecule has 0 unspecified atom stereocenters. The van der Waals surface area contributed by atoms with Crippen LogP contribution in [0, 0.1) is 0 Å². The van der Waals surface area contributed by atoms with Crippen LogP contribution in [-0.4, -0.2) is 26.1 Å². The van der Waals surface area contributed by atoms with Gasteiger partial charge in [0, 0.05) is 5.56 Å². The van der Waals surface area contributed by atoms with Crippen molar-refractivity contribution in [3.63, 3.8) is 0 Å². The predicted octanol–water partition coefficient (Wildman–Crippen LogP) is 1.71. The number of hydrogen-bond donors (Lipinski definition) is 3. The maximum atomic E-state index is 12.2. The van der Waals surface area contributed by atoms with Gasteiger partial charge in [-0.25, -0.2) is 0 Å². The van der Waals surface area contributed by atoms with Crippen LogP contribution in [0.25, 0.3) is 5.70 Å². The van der Waals surface area contributed by atoms with Gasteiger partial charge in [-0.05, 0) is 31.2 Å². The van der Waals surface area contributed by atoms with E-state index in [1.165, 1.54) is 0 Å². The minimum absolute atomic E-state index is 0.387. The van der Waals surface area contributed by atoms with Crippen molar-refractivity contribution in [1.29, 1.82) is 0 Å². The summed E-state index contributed by atoms with van der Waals surface area (Å²) in [6.45, 7) is 5.36. The average Bonchev–Trinajstić information content (AvgIpc) is 2.52. The number of thiol groups is 1. The Kier molecular flexibility index (Phi) is 6.33. The highest BCUT2D eigenvalue weighted by Gasteiger charge is 2.36. The van der Waals surface area contributed by atoms with E-state index in [4.69, 9.17) is 0 Å². The van der Waals surface area contributed by atoms with Crippen molar-refractivity contribution < 1.29 is 9.59 Å². The number of nitrogens with zero attached hydrogens (tertiary/aromatic N) is 1. The highest BCUT2D eigenvalue weighted by atomic mass is 32.1. The van der Waals surface area contributed by atoms with Gasteiger partial charge in [-0.15, -0.1) is 12.6 Å². The minimum Gasteiger partial charge on any atom is -0.303 e. The quantitative estimate of drug-likeness (QED) is 0.408. The summed E-state index contributed by atoms with van der Waals surface area (Å²) in [7, 11) is 1.69. The van der Waals surface area contributed by atoms with Crippen molar-refractivity contribution in [2.45, 2.75) is 18.9 Å². The molecule has 0 aliphatic carbocycles. The second kappa shape index (κ2) is 7.75. The summed E-state index contributed by atoms with van der Waals surface area (Å²) in [4.78, 5) is 26.6. The van der Waals surface area contributed by atoms with E-state index in [-0.39, 0.29) is 5.91 Å². The van der Waals surface area contributed by atoms with Crippen molar-refractivity contribution >= 4 is 37.4 Å². The van der Waals surface area contributed by atoms with E-state index in [0.29, 0.717) is 18.5 Å². The van der Waals surface area contributed by atoms with Crippen LogP contribution < -0.4 is 10.6 Å². The fourth-order valence-corrected chi connectivity index (χ4v) is 2.47. The molecule has 2 N–H and O–H groups in total. The van der Waals surface area contributed by atoms with Crippen LogP contribution in [0.1, 0.15) is 24.5 Å². The summed E-state index contributed by atoms with van der Waals surface area (Å²) in [5, 5.41) is 6.78. The molecule has 112 valence electrons. The van der Waals surface area contributed by atoms with Gasteiger partial charge in [-0.3, -0.25) is 19.9 Å². The van der Waals surface area contributed by atoms with Crippen molar-refractivity contribution in [3.8, 4) is 0 Å². The van der Waals surface area contributed by atoms with Crippen LogP contribution in [0.3, 0.4) is 0 Å². The molecular formula is C15H19N3O2S. The fraction of sp³-hybridized carbons (Fsp3) is 0.267. The first-order valence-electron chi connectivity index (χ1n) is 6.45. The highest BCUT2D eigenvalue weighted by molar-refractivity contribution is 7.83. The zero-order valence-corrected chi connectivity index (χ0v) is 13.0. The Labute approximate surface area is 129 Å². The molecule has 6 heteroatoms. The Bertz CT molecular complexity index is 549. The lowest BCUT2D eigenvalue weighted by molar-refractivity contribution is -0.131. The molecule has 5 nitrogen and oxygen atoms in total. The Balaban J connectivity index is 3.25. The number of carbonyl (C=O) groups is 2. The Morgan fingerprint density at radius 2 is 2.05 bits per heavy atom. The maximum Gasteiger partial charge on any atom is 0.251 e. The van der Waals surface area contributed by atoms with Gasteiger partial charge in [-0.2, -0.15) is 0 Å². The third kappa shape index (κ3) is 3.40. The zero-order valence-electron chi connectivity index (χ0n) is 12.1. The lowest BCUT2D eigenvalue weighted by Gasteiger charge is -2.30. The van der Waals surface area contributed by atoms with Crippen LogP contribution in [-0.2, 0) is 15.1 Å². The van der Waals surface area contributed by atoms with Crippen molar-refractivity contribution in [2.75, 3.05) is 7.05 Å². The normalized spacial score (nSPS) is 14.1. The summed E-state index contributed by atoms with van der Waals surface area (Å²) >= 11 is 4.08. The van der Waals surface area contributed by atoms with Gasteiger partial charge in [0.2, 0.25) is 6.41 Å². The van der Waals surface area contributed by atoms with Gasteiger partial charge in [0.15, 0.2) is 0 Å². The molecule has 1 aromatic carbocycles. The van der Waals surface area contributed by atoms with Gasteiger partial charge in [0.05, 0.1) is 5.70 Å². The second-order valence-corrected chi connectivity index (χ2v) is 4.61. The fourth-order valence-electron chi connectivity index (χ4n) is 2.24. The topological polar surface area (TPSA) is 70.6 Å². The molecular weight excluding hydrogens is 286 g/mol. The van der Waals surface area contributed by atoms with Crippen molar-refractivity contribution in [2.24, 2.45) is 4.99 Å². The Morgan fingerprint density at radius 1 is 1.43 bits per heavy atom. The van der Waals surface area contributed by atoms with E-state index >= 15 is 0 Å². The number of hydrogen-bond acceptors (Lipinski definition) is 5. The largest absolute Gasteiger partial charge is 0.303 e. The summed E-state index contributed by atoms with van der Waals surface area (Å²) < 4.78 is 0. The summed E-state index contributed by atoms with van der Waals surface area (Å²) in [5.41, 5.74) is 1.30. The van der Waals surface area contributed by atoms with E-state index in [0.717, 1.165) is 11.1 Å². The zero-order chi connectivity index (χ0) is 15.9. The van der Waals surface area contributed by atoms with E-state index < -0.39 is 5.54 Å². The number of aliphatic imine (C=N–C) groups is 1. The van der Waals surface area contributed by atoms with Crippen molar-refractivity contribution in [3.05, 3.63) is 40.8 Å². The summed E-state index contributed by atoms with van der Waals surface area (Å²) in [5.74, 6) is -0.387. The number of imide groups is 1. The number of amides is 2. The molecule has 2 amide bonds. The molecule has 0 saturated carbocycles. The third-order valence-electron chi connectivity index (χ3n) is 3.50. The molecule has 0 heterocycles. The maximum absolute atomic E-state index is 12.2. The molecule has 0 fully saturated rings. The lowest BCUT2D eigenvalue weighted by atomic mass is 9.85.